The van der Waals surface area contributed by atoms with Crippen molar-refractivity contribution >= 4 is 11.8 Å². The van der Waals surface area contributed by atoms with E-state index >= 15 is 0 Å². The number of carbonyl (C=O) groups excluding carboxylic acids is 2. The van der Waals surface area contributed by atoms with Gasteiger partial charge in [-0.3, -0.25) is 9.59 Å². The molecule has 3 rings (SSSR count). The van der Waals surface area contributed by atoms with Crippen molar-refractivity contribution in [1.82, 2.24) is 10.2 Å². The Hall–Kier alpha value is -2.60. The predicted octanol–water partition coefficient (Wildman–Crippen LogP) is 4.05. The number of hydrogen-bond acceptors (Lipinski definition) is 4. The Morgan fingerprint density at radius 1 is 1.23 bits per heavy atom. The van der Waals surface area contributed by atoms with Gasteiger partial charge < -0.3 is 19.4 Å². The quantitative estimate of drug-likeness (QED) is 0.622. The van der Waals surface area contributed by atoms with Gasteiger partial charge in [-0.2, -0.15) is 0 Å². The zero-order chi connectivity index (χ0) is 22.2. The molecule has 168 valence electrons. The van der Waals surface area contributed by atoms with Gasteiger partial charge >= 0.3 is 0 Å². The van der Waals surface area contributed by atoms with E-state index in [1.807, 2.05) is 32.0 Å². The van der Waals surface area contributed by atoms with E-state index in [9.17, 15) is 9.59 Å². The van der Waals surface area contributed by atoms with Gasteiger partial charge in [0.25, 0.3) is 5.91 Å². The van der Waals surface area contributed by atoms with Crippen molar-refractivity contribution in [3.63, 3.8) is 0 Å². The van der Waals surface area contributed by atoms with Crippen LogP contribution < -0.4 is 5.32 Å². The van der Waals surface area contributed by atoms with Crippen molar-refractivity contribution in [2.75, 3.05) is 19.7 Å². The van der Waals surface area contributed by atoms with Gasteiger partial charge in [-0.1, -0.05) is 30.3 Å². The Balaban J connectivity index is 1.53. The number of ether oxygens (including phenoxy) is 1. The lowest BCUT2D eigenvalue weighted by Gasteiger charge is -2.25. The number of furan rings is 1. The molecule has 1 N–H and O–H groups in total. The molecule has 6 heteroatoms. The first kappa shape index (κ1) is 23.1. The summed E-state index contributed by atoms with van der Waals surface area (Å²) in [6, 6.07) is 12.1. The number of carbonyl (C=O) groups is 2. The molecule has 0 radical (unpaired) electrons. The van der Waals surface area contributed by atoms with Crippen molar-refractivity contribution < 1.29 is 18.7 Å². The van der Waals surface area contributed by atoms with Gasteiger partial charge in [-0.15, -0.1) is 0 Å². The standard InChI is InChI=1S/C25H34N2O4/c1-18(11-12-21-8-5-4-6-9-21)26-24(28)13-14-27(17-22-10-7-15-30-22)25(29)23-16-19(2)31-20(23)3/h4-6,8-9,16,18,22H,7,10-15,17H2,1-3H3,(H,26,28)/t18-,22+/m1/s1. The predicted molar refractivity (Wildman–Crippen MR) is 120 cm³/mol. The van der Waals surface area contributed by atoms with Gasteiger partial charge in [0.05, 0.1) is 11.7 Å². The van der Waals surface area contributed by atoms with E-state index in [1.54, 1.807) is 17.9 Å². The van der Waals surface area contributed by atoms with Gasteiger partial charge in [-0.05, 0) is 58.1 Å². The lowest BCUT2D eigenvalue weighted by Crippen LogP contribution is -2.41. The molecule has 31 heavy (non-hydrogen) atoms. The third kappa shape index (κ3) is 6.96. The largest absolute Gasteiger partial charge is 0.466 e. The summed E-state index contributed by atoms with van der Waals surface area (Å²) in [5.74, 6) is 1.18. The smallest absolute Gasteiger partial charge is 0.257 e. The van der Waals surface area contributed by atoms with Crippen LogP contribution in [0.3, 0.4) is 0 Å². The highest BCUT2D eigenvalue weighted by molar-refractivity contribution is 5.95. The molecular weight excluding hydrogens is 392 g/mol. The summed E-state index contributed by atoms with van der Waals surface area (Å²) >= 11 is 0. The summed E-state index contributed by atoms with van der Waals surface area (Å²) < 4.78 is 11.3. The van der Waals surface area contributed by atoms with Crippen LogP contribution in [0.5, 0.6) is 0 Å². The van der Waals surface area contributed by atoms with E-state index in [-0.39, 0.29) is 30.4 Å². The maximum absolute atomic E-state index is 13.1. The summed E-state index contributed by atoms with van der Waals surface area (Å²) in [7, 11) is 0. The van der Waals surface area contributed by atoms with E-state index in [1.165, 1.54) is 5.56 Å². The number of benzene rings is 1. The van der Waals surface area contributed by atoms with Crippen LogP contribution in [0.4, 0.5) is 0 Å². The highest BCUT2D eigenvalue weighted by atomic mass is 16.5. The number of nitrogens with zero attached hydrogens (tertiary/aromatic N) is 1. The monoisotopic (exact) mass is 426 g/mol. The number of hydrogen-bond donors (Lipinski definition) is 1. The molecular formula is C25H34N2O4. The SMILES string of the molecule is Cc1cc(C(=O)N(CCC(=O)N[C@H](C)CCc2ccccc2)C[C@@H]2CCCO2)c(C)o1. The van der Waals surface area contributed by atoms with Crippen molar-refractivity contribution in [2.45, 2.75) is 65.0 Å². The van der Waals surface area contributed by atoms with Crippen molar-refractivity contribution in [2.24, 2.45) is 0 Å². The molecule has 6 nitrogen and oxygen atoms in total. The molecule has 0 spiro atoms. The molecule has 0 saturated carbocycles. The molecule has 1 aliphatic rings. The van der Waals surface area contributed by atoms with Crippen molar-refractivity contribution in [1.29, 1.82) is 0 Å². The molecule has 0 aliphatic carbocycles. The molecule has 1 fully saturated rings. The number of rotatable bonds is 10. The highest BCUT2D eigenvalue weighted by Gasteiger charge is 2.26. The summed E-state index contributed by atoms with van der Waals surface area (Å²) in [6.07, 6.45) is 4.05. The number of aryl methyl sites for hydroxylation is 3. The summed E-state index contributed by atoms with van der Waals surface area (Å²) in [4.78, 5) is 27.4. The minimum absolute atomic E-state index is 0.0325. The fraction of sp³-hybridized carbons (Fsp3) is 0.520. The van der Waals surface area contributed by atoms with Crippen LogP contribution in [0.1, 0.15) is 60.0 Å². The van der Waals surface area contributed by atoms with Gasteiger partial charge in [0.2, 0.25) is 5.91 Å². The first-order valence-electron chi connectivity index (χ1n) is 11.2. The van der Waals surface area contributed by atoms with Crippen LogP contribution in [0.25, 0.3) is 0 Å². The molecule has 1 aliphatic heterocycles. The Morgan fingerprint density at radius 3 is 2.65 bits per heavy atom. The number of amides is 2. The number of nitrogens with one attached hydrogen (secondary N) is 1. The van der Waals surface area contributed by atoms with Crippen molar-refractivity contribution in [3.8, 4) is 0 Å². The van der Waals surface area contributed by atoms with Gasteiger partial charge in [-0.25, -0.2) is 0 Å². The Kier molecular flexibility index (Phi) is 8.29. The molecule has 2 atom stereocenters. The molecule has 2 heterocycles. The zero-order valence-corrected chi connectivity index (χ0v) is 18.9. The molecule has 0 bridgehead atoms. The third-order valence-corrected chi connectivity index (χ3v) is 5.73. The summed E-state index contributed by atoms with van der Waals surface area (Å²) in [5.41, 5.74) is 1.83. The minimum atomic E-state index is -0.102. The lowest BCUT2D eigenvalue weighted by molar-refractivity contribution is -0.122. The first-order valence-corrected chi connectivity index (χ1v) is 11.2. The Morgan fingerprint density at radius 2 is 2.00 bits per heavy atom. The molecule has 1 aromatic heterocycles. The zero-order valence-electron chi connectivity index (χ0n) is 18.9. The third-order valence-electron chi connectivity index (χ3n) is 5.73. The average Bonchev–Trinajstić information content (AvgIpc) is 3.38. The topological polar surface area (TPSA) is 71.8 Å². The van der Waals surface area contributed by atoms with E-state index < -0.39 is 0 Å². The second-order valence-corrected chi connectivity index (χ2v) is 8.46. The molecule has 2 amide bonds. The maximum Gasteiger partial charge on any atom is 0.257 e. The molecule has 1 saturated heterocycles. The van der Waals surface area contributed by atoms with E-state index in [0.29, 0.717) is 30.2 Å². The summed E-state index contributed by atoms with van der Waals surface area (Å²) in [5, 5.41) is 3.07. The normalized spacial score (nSPS) is 16.8. The summed E-state index contributed by atoms with van der Waals surface area (Å²) in [6.45, 7) is 7.24. The van der Waals surface area contributed by atoms with Crippen LogP contribution in [0.15, 0.2) is 40.8 Å². The second kappa shape index (κ2) is 11.1. The minimum Gasteiger partial charge on any atom is -0.466 e. The average molecular weight is 427 g/mol. The second-order valence-electron chi connectivity index (χ2n) is 8.46. The highest BCUT2D eigenvalue weighted by Crippen LogP contribution is 2.19. The molecule has 1 aromatic carbocycles. The Labute approximate surface area is 184 Å². The Bertz CT molecular complexity index is 856. The fourth-order valence-electron chi connectivity index (χ4n) is 4.01. The van der Waals surface area contributed by atoms with E-state index in [2.05, 4.69) is 17.4 Å². The van der Waals surface area contributed by atoms with E-state index in [0.717, 1.165) is 32.3 Å². The van der Waals surface area contributed by atoms with Gasteiger partial charge in [0.15, 0.2) is 0 Å². The van der Waals surface area contributed by atoms with Crippen LogP contribution >= 0.6 is 0 Å². The van der Waals surface area contributed by atoms with E-state index in [4.69, 9.17) is 9.15 Å². The van der Waals surface area contributed by atoms with Crippen LogP contribution in [0, 0.1) is 13.8 Å². The van der Waals surface area contributed by atoms with Crippen LogP contribution in [-0.2, 0) is 16.0 Å². The van der Waals surface area contributed by atoms with Crippen molar-refractivity contribution in [3.05, 3.63) is 59.0 Å². The first-order chi connectivity index (χ1) is 14.9. The lowest BCUT2D eigenvalue weighted by atomic mass is 10.1. The van der Waals surface area contributed by atoms with Gasteiger partial charge in [0.1, 0.15) is 11.5 Å². The molecule has 2 aromatic rings. The van der Waals surface area contributed by atoms with Crippen LogP contribution in [0.2, 0.25) is 0 Å². The molecule has 0 unspecified atom stereocenters. The maximum atomic E-state index is 13.1. The van der Waals surface area contributed by atoms with Gasteiger partial charge in [0, 0.05) is 32.2 Å². The van der Waals surface area contributed by atoms with Crippen LogP contribution in [-0.4, -0.2) is 48.6 Å². The fourth-order valence-corrected chi connectivity index (χ4v) is 4.01.